The molecule has 1 aliphatic rings. The van der Waals surface area contributed by atoms with Gasteiger partial charge < -0.3 is 14.6 Å². The highest BCUT2D eigenvalue weighted by Crippen LogP contribution is 2.37. The topological polar surface area (TPSA) is 87.4 Å². The van der Waals surface area contributed by atoms with Gasteiger partial charge in [-0.2, -0.15) is 0 Å². The third-order valence-electron chi connectivity index (χ3n) is 6.52. The maximum absolute atomic E-state index is 12.8. The number of nitrogens with zero attached hydrogens (tertiary/aromatic N) is 3. The Morgan fingerprint density at radius 3 is 2.29 bits per heavy atom. The Balaban J connectivity index is 1.79. The minimum atomic E-state index is -0.499. The minimum absolute atomic E-state index is 0.354. The second-order valence-electron chi connectivity index (χ2n) is 8.99. The lowest BCUT2D eigenvalue weighted by Crippen LogP contribution is -2.41. The van der Waals surface area contributed by atoms with Gasteiger partial charge in [0.05, 0.1) is 16.7 Å². The van der Waals surface area contributed by atoms with Crippen LogP contribution in [0.3, 0.4) is 0 Å². The molecule has 0 bridgehead atoms. The van der Waals surface area contributed by atoms with Crippen LogP contribution < -0.4 is 22.0 Å². The number of pyridine rings is 1. The van der Waals surface area contributed by atoms with Crippen LogP contribution in [0.15, 0.2) is 40.1 Å². The fraction of sp³-hybridized carbons (Fsp3) is 0.409. The van der Waals surface area contributed by atoms with E-state index in [9.17, 15) is 9.59 Å². The van der Waals surface area contributed by atoms with E-state index < -0.39 is 23.9 Å². The van der Waals surface area contributed by atoms with Crippen LogP contribution in [0, 0.1) is 6.92 Å². The SMILES string of the molecule is Cc1c(Nc2nccc3c2c(=O)n(C)c(=O)n3C)cccc1B1OC(C)(C)C(C)(C)O1. The number of aromatic nitrogens is 3. The first-order valence-electron chi connectivity index (χ1n) is 10.2. The van der Waals surface area contributed by atoms with Gasteiger partial charge in [-0.25, -0.2) is 9.78 Å². The number of anilines is 2. The number of hydrogen-bond donors (Lipinski definition) is 1. The second kappa shape index (κ2) is 7.07. The van der Waals surface area contributed by atoms with Gasteiger partial charge >= 0.3 is 12.8 Å². The van der Waals surface area contributed by atoms with Crippen LogP contribution in [-0.2, 0) is 23.4 Å². The molecule has 1 aliphatic heterocycles. The van der Waals surface area contributed by atoms with E-state index in [0.717, 1.165) is 21.3 Å². The Labute approximate surface area is 181 Å². The van der Waals surface area contributed by atoms with Crippen LogP contribution in [0.2, 0.25) is 0 Å². The zero-order valence-electron chi connectivity index (χ0n) is 18.9. The summed E-state index contributed by atoms with van der Waals surface area (Å²) in [5, 5.41) is 3.64. The minimum Gasteiger partial charge on any atom is -0.399 e. The molecular formula is C22H27BN4O4. The molecule has 1 saturated heterocycles. The Morgan fingerprint density at radius 2 is 1.65 bits per heavy atom. The van der Waals surface area contributed by atoms with Crippen LogP contribution in [0.4, 0.5) is 11.5 Å². The zero-order valence-corrected chi connectivity index (χ0v) is 18.9. The average molecular weight is 422 g/mol. The lowest BCUT2D eigenvalue weighted by molar-refractivity contribution is 0.00578. The van der Waals surface area contributed by atoms with Crippen molar-refractivity contribution in [2.24, 2.45) is 14.1 Å². The summed E-state index contributed by atoms with van der Waals surface area (Å²) in [6.07, 6.45) is 1.58. The molecule has 0 spiro atoms. The van der Waals surface area contributed by atoms with Crippen molar-refractivity contribution in [3.05, 3.63) is 56.9 Å². The van der Waals surface area contributed by atoms with Gasteiger partial charge in [-0.05, 0) is 57.8 Å². The fourth-order valence-electron chi connectivity index (χ4n) is 3.76. The highest BCUT2D eigenvalue weighted by molar-refractivity contribution is 6.62. The highest BCUT2D eigenvalue weighted by Gasteiger charge is 2.52. The number of fused-ring (bicyclic) bond motifs is 1. The van der Waals surface area contributed by atoms with Gasteiger partial charge in [-0.15, -0.1) is 0 Å². The molecule has 0 amide bonds. The molecular weight excluding hydrogens is 395 g/mol. The monoisotopic (exact) mass is 422 g/mol. The van der Waals surface area contributed by atoms with Crippen molar-refractivity contribution in [3.8, 4) is 0 Å². The first-order chi connectivity index (χ1) is 14.4. The van der Waals surface area contributed by atoms with E-state index in [2.05, 4.69) is 10.3 Å². The summed E-state index contributed by atoms with van der Waals surface area (Å²) in [6.45, 7) is 10.0. The van der Waals surface area contributed by atoms with Crippen molar-refractivity contribution in [2.75, 3.05) is 5.32 Å². The van der Waals surface area contributed by atoms with Gasteiger partial charge in [-0.3, -0.25) is 13.9 Å². The first-order valence-corrected chi connectivity index (χ1v) is 10.2. The smallest absolute Gasteiger partial charge is 0.399 e. The van der Waals surface area contributed by atoms with E-state index in [1.165, 1.54) is 11.6 Å². The van der Waals surface area contributed by atoms with Crippen molar-refractivity contribution in [2.45, 2.75) is 45.8 Å². The van der Waals surface area contributed by atoms with Gasteiger partial charge in [-0.1, -0.05) is 12.1 Å². The lowest BCUT2D eigenvalue weighted by atomic mass is 9.76. The Morgan fingerprint density at radius 1 is 1.00 bits per heavy atom. The summed E-state index contributed by atoms with van der Waals surface area (Å²) in [6, 6.07) is 7.46. The standard InChI is InChI=1S/C22H27BN4O4/c1-13-14(23-30-21(2,3)22(4,5)31-23)9-8-10-15(13)25-18-17-16(11-12-24-18)26(6)20(29)27(7)19(17)28/h8-12H,1-7H3,(H,24,25). The molecule has 8 nitrogen and oxygen atoms in total. The average Bonchev–Trinajstić information content (AvgIpc) is 2.93. The largest absolute Gasteiger partial charge is 0.495 e. The van der Waals surface area contributed by atoms with Gasteiger partial charge in [0, 0.05) is 26.0 Å². The number of nitrogens with one attached hydrogen (secondary N) is 1. The summed E-state index contributed by atoms with van der Waals surface area (Å²) in [5.41, 5.74) is 1.48. The van der Waals surface area contributed by atoms with E-state index in [0.29, 0.717) is 16.7 Å². The molecule has 31 heavy (non-hydrogen) atoms. The number of rotatable bonds is 3. The highest BCUT2D eigenvalue weighted by atomic mass is 16.7. The second-order valence-corrected chi connectivity index (χ2v) is 8.99. The molecule has 0 atom stereocenters. The van der Waals surface area contributed by atoms with E-state index >= 15 is 0 Å². The molecule has 0 radical (unpaired) electrons. The maximum Gasteiger partial charge on any atom is 0.495 e. The van der Waals surface area contributed by atoms with Gasteiger partial charge in [0.1, 0.15) is 11.2 Å². The van der Waals surface area contributed by atoms with Crippen molar-refractivity contribution in [3.63, 3.8) is 0 Å². The first kappa shape index (κ1) is 21.3. The fourth-order valence-corrected chi connectivity index (χ4v) is 3.76. The molecule has 9 heteroatoms. The molecule has 1 aromatic carbocycles. The van der Waals surface area contributed by atoms with Crippen molar-refractivity contribution in [1.29, 1.82) is 0 Å². The lowest BCUT2D eigenvalue weighted by Gasteiger charge is -2.32. The molecule has 0 aliphatic carbocycles. The summed E-state index contributed by atoms with van der Waals surface area (Å²) in [7, 11) is 2.60. The van der Waals surface area contributed by atoms with Gasteiger partial charge in [0.2, 0.25) is 0 Å². The van der Waals surface area contributed by atoms with Crippen LogP contribution in [0.5, 0.6) is 0 Å². The number of aryl methyl sites for hydroxylation is 1. The third kappa shape index (κ3) is 3.28. The third-order valence-corrected chi connectivity index (χ3v) is 6.52. The molecule has 1 fully saturated rings. The Bertz CT molecular complexity index is 1290. The Hall–Kier alpha value is -2.91. The summed E-state index contributed by atoms with van der Waals surface area (Å²) in [5.74, 6) is 0.392. The quantitative estimate of drug-likeness (QED) is 0.650. The number of hydrogen-bond acceptors (Lipinski definition) is 6. The van der Waals surface area contributed by atoms with E-state index in [1.807, 2.05) is 52.8 Å². The number of benzene rings is 1. The summed E-state index contributed by atoms with van der Waals surface area (Å²) < 4.78 is 15.0. The molecule has 4 rings (SSSR count). The van der Waals surface area contributed by atoms with E-state index in [-0.39, 0.29) is 5.69 Å². The van der Waals surface area contributed by atoms with Crippen LogP contribution >= 0.6 is 0 Å². The van der Waals surface area contributed by atoms with Crippen LogP contribution in [0.1, 0.15) is 33.3 Å². The van der Waals surface area contributed by atoms with Crippen molar-refractivity contribution >= 4 is 35.0 Å². The van der Waals surface area contributed by atoms with E-state index in [1.54, 1.807) is 19.3 Å². The van der Waals surface area contributed by atoms with Crippen LogP contribution in [-0.4, -0.2) is 32.4 Å². The van der Waals surface area contributed by atoms with Crippen LogP contribution in [0.25, 0.3) is 10.9 Å². The predicted molar refractivity (Wildman–Crippen MR) is 122 cm³/mol. The summed E-state index contributed by atoms with van der Waals surface area (Å²) in [4.78, 5) is 29.5. The predicted octanol–water partition coefficient (Wildman–Crippen LogP) is 1.98. The molecule has 3 heterocycles. The molecule has 0 unspecified atom stereocenters. The molecule has 1 N–H and O–H groups in total. The molecule has 162 valence electrons. The van der Waals surface area contributed by atoms with E-state index in [4.69, 9.17) is 9.31 Å². The van der Waals surface area contributed by atoms with Crippen molar-refractivity contribution < 1.29 is 9.31 Å². The maximum atomic E-state index is 12.8. The molecule has 3 aromatic rings. The normalized spacial score (nSPS) is 17.3. The van der Waals surface area contributed by atoms with Crippen molar-refractivity contribution in [1.82, 2.24) is 14.1 Å². The Kier molecular flexibility index (Phi) is 4.86. The summed E-state index contributed by atoms with van der Waals surface area (Å²) >= 11 is 0. The zero-order chi connectivity index (χ0) is 22.7. The molecule has 0 saturated carbocycles. The molecule has 2 aromatic heterocycles. The van der Waals surface area contributed by atoms with Gasteiger partial charge in [0.15, 0.2) is 0 Å². The van der Waals surface area contributed by atoms with Gasteiger partial charge in [0.25, 0.3) is 5.56 Å².